The van der Waals surface area contributed by atoms with Crippen molar-refractivity contribution >= 4 is 33.5 Å². The molecule has 2 rings (SSSR count). The van der Waals surface area contributed by atoms with E-state index < -0.39 is 27.9 Å². The molecule has 9 heteroatoms. The maximum Gasteiger partial charge on any atom is 0.328 e. The van der Waals surface area contributed by atoms with Gasteiger partial charge < -0.3 is 10.1 Å². The Bertz CT molecular complexity index is 812. The smallest absolute Gasteiger partial charge is 0.328 e. The van der Waals surface area contributed by atoms with E-state index in [0.717, 1.165) is 12.8 Å². The first-order chi connectivity index (χ1) is 12.7. The lowest BCUT2D eigenvalue weighted by molar-refractivity contribution is -0.144. The highest BCUT2D eigenvalue weighted by Crippen LogP contribution is 2.29. The van der Waals surface area contributed by atoms with Crippen LogP contribution in [0.2, 0.25) is 5.02 Å². The fraction of sp³-hybridized carbons (Fsp3) is 0.556. The Kier molecular flexibility index (Phi) is 7.25. The molecule has 2 unspecified atom stereocenters. The van der Waals surface area contributed by atoms with Crippen molar-refractivity contribution in [1.29, 1.82) is 0 Å². The number of amides is 1. The van der Waals surface area contributed by atoms with Crippen molar-refractivity contribution in [2.45, 2.75) is 44.6 Å². The molecule has 1 amide bonds. The van der Waals surface area contributed by atoms with Gasteiger partial charge >= 0.3 is 5.97 Å². The first-order valence-electron chi connectivity index (χ1n) is 8.94. The Morgan fingerprint density at radius 3 is 2.74 bits per heavy atom. The maximum absolute atomic E-state index is 13.0. The van der Waals surface area contributed by atoms with Crippen LogP contribution >= 0.6 is 11.6 Å². The van der Waals surface area contributed by atoms with E-state index in [9.17, 15) is 18.0 Å². The third-order valence-electron chi connectivity index (χ3n) is 4.42. The first-order valence-corrected chi connectivity index (χ1v) is 10.8. The van der Waals surface area contributed by atoms with Gasteiger partial charge in [-0.15, -0.1) is 0 Å². The molecule has 1 aromatic rings. The first kappa shape index (κ1) is 21.7. The minimum atomic E-state index is -3.81. The molecule has 1 aliphatic heterocycles. The van der Waals surface area contributed by atoms with Crippen LogP contribution in [0.3, 0.4) is 0 Å². The van der Waals surface area contributed by atoms with Crippen molar-refractivity contribution < 1.29 is 22.7 Å². The van der Waals surface area contributed by atoms with Gasteiger partial charge in [0.25, 0.3) is 5.91 Å². The Morgan fingerprint density at radius 1 is 1.41 bits per heavy atom. The van der Waals surface area contributed by atoms with Crippen molar-refractivity contribution in [2.75, 3.05) is 19.7 Å². The third kappa shape index (κ3) is 5.21. The second-order valence-electron chi connectivity index (χ2n) is 6.70. The molecule has 1 N–H and O–H groups in total. The topological polar surface area (TPSA) is 92.8 Å². The van der Waals surface area contributed by atoms with Crippen LogP contribution in [-0.2, 0) is 19.6 Å². The predicted octanol–water partition coefficient (Wildman–Crippen LogP) is 2.44. The van der Waals surface area contributed by atoms with E-state index in [0.29, 0.717) is 13.1 Å². The molecule has 1 aromatic carbocycles. The number of sulfonamides is 1. The summed E-state index contributed by atoms with van der Waals surface area (Å²) < 4.78 is 32.2. The highest BCUT2D eigenvalue weighted by Gasteiger charge is 2.31. The zero-order valence-corrected chi connectivity index (χ0v) is 17.3. The van der Waals surface area contributed by atoms with Crippen LogP contribution in [0, 0.1) is 5.92 Å². The number of carbonyl (C=O) groups excluding carboxylic acids is 2. The molecule has 1 saturated heterocycles. The number of esters is 1. The average molecular weight is 417 g/mol. The zero-order valence-electron chi connectivity index (χ0n) is 15.7. The summed E-state index contributed by atoms with van der Waals surface area (Å²) >= 11 is 6.13. The van der Waals surface area contributed by atoms with E-state index in [4.69, 9.17) is 16.3 Å². The van der Waals surface area contributed by atoms with Gasteiger partial charge in [0.05, 0.1) is 11.6 Å². The molecule has 0 radical (unpaired) electrons. The largest absolute Gasteiger partial charge is 0.464 e. The Morgan fingerprint density at radius 2 is 2.11 bits per heavy atom. The molecule has 7 nitrogen and oxygen atoms in total. The molecule has 0 spiro atoms. The molecule has 27 heavy (non-hydrogen) atoms. The molecule has 2 atom stereocenters. The Labute approximate surface area is 165 Å². The molecule has 1 heterocycles. The summed E-state index contributed by atoms with van der Waals surface area (Å²) in [5.41, 5.74) is 0.110. The van der Waals surface area contributed by atoms with Gasteiger partial charge in [0.15, 0.2) is 0 Å². The number of nitrogens with zero attached hydrogens (tertiary/aromatic N) is 1. The zero-order chi connectivity index (χ0) is 20.2. The molecule has 1 fully saturated rings. The van der Waals surface area contributed by atoms with E-state index in [1.807, 2.05) is 6.92 Å². The van der Waals surface area contributed by atoms with Gasteiger partial charge in [-0.2, -0.15) is 4.31 Å². The van der Waals surface area contributed by atoms with Crippen LogP contribution in [0.1, 0.15) is 44.0 Å². The van der Waals surface area contributed by atoms with E-state index in [1.165, 1.54) is 29.4 Å². The normalized spacial score (nSPS) is 19.3. The number of halogens is 1. The summed E-state index contributed by atoms with van der Waals surface area (Å²) in [6.07, 6.45) is 1.77. The minimum absolute atomic E-state index is 0.0585. The average Bonchev–Trinajstić information content (AvgIpc) is 2.62. The van der Waals surface area contributed by atoms with E-state index >= 15 is 0 Å². The molecule has 0 aliphatic carbocycles. The summed E-state index contributed by atoms with van der Waals surface area (Å²) in [5.74, 6) is -0.866. The highest BCUT2D eigenvalue weighted by atomic mass is 35.5. The third-order valence-corrected chi connectivity index (χ3v) is 6.77. The van der Waals surface area contributed by atoms with Crippen LogP contribution in [0.15, 0.2) is 23.1 Å². The lowest BCUT2D eigenvalue weighted by Gasteiger charge is -2.30. The fourth-order valence-corrected chi connectivity index (χ4v) is 5.05. The standard InChI is InChI=1S/C18H25ClN2O5S/c1-4-26-18(23)13(3)20-17(22)14-7-8-15(19)16(10-14)27(24,25)21-9-5-6-12(2)11-21/h7-8,10,12-13H,4-6,9,11H2,1-3H3,(H,20,22). The summed E-state index contributed by atoms with van der Waals surface area (Å²) in [6, 6.07) is 3.21. The van der Waals surface area contributed by atoms with Crippen molar-refractivity contribution in [1.82, 2.24) is 9.62 Å². The van der Waals surface area contributed by atoms with Gasteiger partial charge in [0, 0.05) is 18.7 Å². The minimum Gasteiger partial charge on any atom is -0.464 e. The number of hydrogen-bond donors (Lipinski definition) is 1. The molecule has 0 aromatic heterocycles. The maximum atomic E-state index is 13.0. The van der Waals surface area contributed by atoms with E-state index in [2.05, 4.69) is 5.32 Å². The van der Waals surface area contributed by atoms with Crippen molar-refractivity contribution in [3.05, 3.63) is 28.8 Å². The van der Waals surface area contributed by atoms with Crippen LogP contribution in [-0.4, -0.2) is 50.3 Å². The van der Waals surface area contributed by atoms with Gasteiger partial charge in [-0.05, 0) is 50.8 Å². The second-order valence-corrected chi connectivity index (χ2v) is 9.02. The van der Waals surface area contributed by atoms with Crippen LogP contribution in [0.25, 0.3) is 0 Å². The van der Waals surface area contributed by atoms with Crippen LogP contribution < -0.4 is 5.32 Å². The van der Waals surface area contributed by atoms with Crippen molar-refractivity contribution in [3.8, 4) is 0 Å². The fourth-order valence-electron chi connectivity index (χ4n) is 2.95. The molecule has 1 aliphatic rings. The number of ether oxygens (including phenoxy) is 1. The molecule has 0 saturated carbocycles. The number of hydrogen-bond acceptors (Lipinski definition) is 5. The summed E-state index contributed by atoms with van der Waals surface area (Å²) in [6.45, 7) is 6.23. The van der Waals surface area contributed by atoms with E-state index in [-0.39, 0.29) is 28.0 Å². The number of nitrogens with one attached hydrogen (secondary N) is 1. The van der Waals surface area contributed by atoms with Gasteiger partial charge in [-0.3, -0.25) is 4.79 Å². The summed E-state index contributed by atoms with van der Waals surface area (Å²) in [4.78, 5) is 24.0. The quantitative estimate of drug-likeness (QED) is 0.719. The van der Waals surface area contributed by atoms with Gasteiger partial charge in [0.2, 0.25) is 10.0 Å². The molecule has 150 valence electrons. The Balaban J connectivity index is 2.25. The van der Waals surface area contributed by atoms with Gasteiger partial charge in [-0.25, -0.2) is 13.2 Å². The highest BCUT2D eigenvalue weighted by molar-refractivity contribution is 7.89. The van der Waals surface area contributed by atoms with Gasteiger partial charge in [-0.1, -0.05) is 18.5 Å². The van der Waals surface area contributed by atoms with Crippen LogP contribution in [0.5, 0.6) is 0 Å². The molecule has 0 bridgehead atoms. The number of carbonyl (C=O) groups is 2. The number of benzene rings is 1. The van der Waals surface area contributed by atoms with Gasteiger partial charge in [0.1, 0.15) is 10.9 Å². The summed E-state index contributed by atoms with van der Waals surface area (Å²) in [7, 11) is -3.81. The van der Waals surface area contributed by atoms with Crippen molar-refractivity contribution in [2.24, 2.45) is 5.92 Å². The second kappa shape index (κ2) is 9.03. The summed E-state index contributed by atoms with van der Waals surface area (Å²) in [5, 5.41) is 2.56. The number of piperidine rings is 1. The lowest BCUT2D eigenvalue weighted by atomic mass is 10.0. The predicted molar refractivity (Wildman–Crippen MR) is 102 cm³/mol. The monoisotopic (exact) mass is 416 g/mol. The van der Waals surface area contributed by atoms with Crippen molar-refractivity contribution in [3.63, 3.8) is 0 Å². The van der Waals surface area contributed by atoms with Crippen LogP contribution in [0.4, 0.5) is 0 Å². The molecular formula is C18H25ClN2O5S. The number of rotatable bonds is 6. The Hall–Kier alpha value is -1.64. The molecular weight excluding hydrogens is 392 g/mol. The SMILES string of the molecule is CCOC(=O)C(C)NC(=O)c1ccc(Cl)c(S(=O)(=O)N2CCCC(C)C2)c1. The van der Waals surface area contributed by atoms with E-state index in [1.54, 1.807) is 6.92 Å². The lowest BCUT2D eigenvalue weighted by Crippen LogP contribution is -2.40.